The molecule has 0 spiro atoms. The summed E-state index contributed by atoms with van der Waals surface area (Å²) in [4.78, 5) is 8.93. The Morgan fingerprint density at radius 3 is 2.10 bits per heavy atom. The average molecular weight is 853 g/mol. The Morgan fingerprint density at radius 2 is 1.27 bits per heavy atom. The van der Waals surface area contributed by atoms with Crippen LogP contribution < -0.4 is 14.5 Å². The number of hydrogen-bond donors (Lipinski definition) is 0. The molecule has 1 aliphatic heterocycles. The summed E-state index contributed by atoms with van der Waals surface area (Å²) in [5.41, 5.74) is 8.00. The van der Waals surface area contributed by atoms with Crippen molar-refractivity contribution in [2.24, 2.45) is 0 Å². The third kappa shape index (κ3) is 4.51. The van der Waals surface area contributed by atoms with Gasteiger partial charge < -0.3 is 23.3 Å². The number of para-hydroxylation sites is 3. The second kappa shape index (κ2) is 11.7. The van der Waals surface area contributed by atoms with Gasteiger partial charge in [0.1, 0.15) is 0 Å². The predicted molar refractivity (Wildman–Crippen MR) is 207 cm³/mol. The van der Waals surface area contributed by atoms with Crippen molar-refractivity contribution < 1.29 is 29.9 Å². The number of aromatic nitrogens is 3. The molecular weight excluding hydrogens is 822 g/mol. The summed E-state index contributed by atoms with van der Waals surface area (Å²) in [6, 6.07) is 49.6. The fourth-order valence-electron chi connectivity index (χ4n) is 7.73. The molecule has 0 saturated heterocycles. The molecule has 0 radical (unpaired) electrons. The van der Waals surface area contributed by atoms with Crippen LogP contribution in [0.25, 0.3) is 65.5 Å². The molecule has 0 amide bonds. The second-order valence-electron chi connectivity index (χ2n) is 12.8. The second-order valence-corrected chi connectivity index (χ2v) is 12.8. The molecule has 10 aromatic rings. The third-order valence-corrected chi connectivity index (χ3v) is 9.93. The van der Waals surface area contributed by atoms with Crippen molar-refractivity contribution in [2.45, 2.75) is 6.85 Å². The van der Waals surface area contributed by atoms with Crippen LogP contribution in [-0.4, -0.2) is 13.8 Å². The SMILES string of the molecule is [2H]C([2H])([2H])c1ccc(N2C=CN(c3[c-]c(Oc4[c-]c5c(cc4)c4cccc6c7cccc8c9ccccc9n(c9cccnc9n5c46)c87)ccc3)[CH-]2)cc1.[Pt]. The van der Waals surface area contributed by atoms with Gasteiger partial charge in [-0.1, -0.05) is 77.8 Å². The summed E-state index contributed by atoms with van der Waals surface area (Å²) in [5.74, 6) is 1.10. The Bertz CT molecular complexity index is 3190. The first-order chi connectivity index (χ1) is 26.4. The number of pyridine rings is 1. The molecule has 0 saturated carbocycles. The van der Waals surface area contributed by atoms with Crippen molar-refractivity contribution in [3.63, 3.8) is 0 Å². The predicted octanol–water partition coefficient (Wildman–Crippen LogP) is 11.0. The van der Waals surface area contributed by atoms with Crippen molar-refractivity contribution >= 4 is 76.9 Å². The zero-order chi connectivity index (χ0) is 36.1. The van der Waals surface area contributed by atoms with E-state index < -0.39 is 6.85 Å². The minimum Gasteiger partial charge on any atom is -0.509 e. The molecule has 0 bridgehead atoms. The van der Waals surface area contributed by atoms with Crippen LogP contribution in [0.15, 0.2) is 146 Å². The largest absolute Gasteiger partial charge is 0.509 e. The van der Waals surface area contributed by atoms with Gasteiger partial charge in [0.25, 0.3) is 0 Å². The van der Waals surface area contributed by atoms with Gasteiger partial charge in [-0.15, -0.1) is 48.1 Å². The molecule has 4 aromatic heterocycles. The van der Waals surface area contributed by atoms with Gasteiger partial charge in [0.05, 0.1) is 16.6 Å². The van der Waals surface area contributed by atoms with E-state index in [-0.39, 0.29) is 21.1 Å². The van der Waals surface area contributed by atoms with E-state index in [1.54, 1.807) is 24.3 Å². The summed E-state index contributed by atoms with van der Waals surface area (Å²) in [5, 5.41) is 6.87. The van der Waals surface area contributed by atoms with Crippen LogP contribution in [0.2, 0.25) is 0 Å². The topological polar surface area (TPSA) is 37.4 Å². The number of benzene rings is 6. The average Bonchev–Trinajstić information content (AvgIpc) is 3.90. The Labute approximate surface area is 317 Å². The number of anilines is 2. The Hall–Kier alpha value is -6.10. The molecule has 6 nitrogen and oxygen atoms in total. The van der Waals surface area contributed by atoms with Crippen LogP contribution >= 0.6 is 0 Å². The van der Waals surface area contributed by atoms with Gasteiger partial charge in [0.2, 0.25) is 0 Å². The number of aryl methyl sites for hydroxylation is 1. The van der Waals surface area contributed by atoms with E-state index in [4.69, 9.17) is 13.8 Å². The molecular formula is C45H28N5OPt-3. The summed E-state index contributed by atoms with van der Waals surface area (Å²) >= 11 is 0. The fraction of sp³-hybridized carbons (Fsp3) is 0.0222. The summed E-state index contributed by atoms with van der Waals surface area (Å²) < 4.78 is 34.1. The Balaban J connectivity index is 0.00000372. The van der Waals surface area contributed by atoms with E-state index in [0.717, 1.165) is 60.6 Å². The fourth-order valence-corrected chi connectivity index (χ4v) is 7.73. The van der Waals surface area contributed by atoms with Crippen LogP contribution in [0.1, 0.15) is 9.68 Å². The van der Waals surface area contributed by atoms with E-state index >= 15 is 0 Å². The molecule has 0 unspecified atom stereocenters. The molecule has 0 atom stereocenters. The van der Waals surface area contributed by atoms with E-state index in [2.05, 4.69) is 93.7 Å². The van der Waals surface area contributed by atoms with Gasteiger partial charge in [-0.2, -0.15) is 12.1 Å². The monoisotopic (exact) mass is 852 g/mol. The normalized spacial score (nSPS) is 14.2. The number of rotatable bonds is 4. The molecule has 11 rings (SSSR count). The smallest absolute Gasteiger partial charge is 0.160 e. The van der Waals surface area contributed by atoms with Gasteiger partial charge in [-0.3, -0.25) is 0 Å². The summed E-state index contributed by atoms with van der Waals surface area (Å²) in [7, 11) is 0. The van der Waals surface area contributed by atoms with Crippen LogP contribution in [0, 0.1) is 25.7 Å². The maximum absolute atomic E-state index is 7.67. The van der Waals surface area contributed by atoms with E-state index in [1.165, 1.54) is 16.3 Å². The first-order valence-corrected chi connectivity index (χ1v) is 16.8. The molecule has 0 aliphatic carbocycles. The molecule has 0 fully saturated rings. The van der Waals surface area contributed by atoms with E-state index in [9.17, 15) is 0 Å². The van der Waals surface area contributed by atoms with Crippen LogP contribution in [0.4, 0.5) is 11.4 Å². The molecule has 5 heterocycles. The van der Waals surface area contributed by atoms with Crippen LogP contribution in [0.5, 0.6) is 11.5 Å². The van der Waals surface area contributed by atoms with Crippen molar-refractivity contribution in [3.8, 4) is 11.5 Å². The van der Waals surface area contributed by atoms with Gasteiger partial charge in [0.15, 0.2) is 5.65 Å². The maximum atomic E-state index is 7.67. The quantitative estimate of drug-likeness (QED) is 0.165. The minimum absolute atomic E-state index is 0. The third-order valence-electron chi connectivity index (χ3n) is 9.93. The van der Waals surface area contributed by atoms with Crippen molar-refractivity contribution in [3.05, 3.63) is 170 Å². The number of fused-ring (bicyclic) bond motifs is 10. The van der Waals surface area contributed by atoms with Gasteiger partial charge in [-0.05, 0) is 55.0 Å². The first kappa shape index (κ1) is 27.6. The van der Waals surface area contributed by atoms with Gasteiger partial charge in [-0.25, -0.2) is 4.98 Å². The van der Waals surface area contributed by atoms with Crippen molar-refractivity contribution in [2.75, 3.05) is 9.80 Å². The molecule has 0 N–H and O–H groups in total. The number of ether oxygens (including phenoxy) is 1. The minimum atomic E-state index is -2.14. The number of hydrogen-bond acceptors (Lipinski definition) is 4. The maximum Gasteiger partial charge on any atom is 0.160 e. The Kier molecular flexibility index (Phi) is 6.22. The van der Waals surface area contributed by atoms with Gasteiger partial charge >= 0.3 is 0 Å². The molecule has 52 heavy (non-hydrogen) atoms. The summed E-state index contributed by atoms with van der Waals surface area (Å²) in [6.45, 7) is -0.221. The molecule has 7 heteroatoms. The standard InChI is InChI=1S/C45H28N5O.Pt/c1-29-17-19-30(20-18-29)47-24-25-48(28-47)31-8-4-9-32(26-31)51-33-21-22-35-37-12-6-14-39-38-13-5-11-36-34-10-2-3-15-40(34)49(43(36)38)41-16-7-23-46-45(41)50(44(37)39)42(35)27-33;/h2-25,28H,1H3;/q-3;/i1D3;. The molecule has 252 valence electrons. The zero-order valence-corrected chi connectivity index (χ0v) is 29.7. The van der Waals surface area contributed by atoms with Crippen LogP contribution in [-0.2, 0) is 21.1 Å². The Morgan fingerprint density at radius 1 is 0.596 bits per heavy atom. The number of nitrogens with zero attached hydrogens (tertiary/aromatic N) is 5. The zero-order valence-electron chi connectivity index (χ0n) is 30.4. The van der Waals surface area contributed by atoms with Gasteiger partial charge in [0, 0.05) is 75.6 Å². The van der Waals surface area contributed by atoms with Crippen molar-refractivity contribution in [1.82, 2.24) is 13.8 Å². The van der Waals surface area contributed by atoms with E-state index in [0.29, 0.717) is 17.1 Å². The molecule has 1 aliphatic rings. The summed E-state index contributed by atoms with van der Waals surface area (Å²) in [6.07, 6.45) is 5.70. The van der Waals surface area contributed by atoms with E-state index in [1.807, 2.05) is 65.4 Å². The first-order valence-electron chi connectivity index (χ1n) is 18.3. The molecule has 6 aromatic carbocycles. The van der Waals surface area contributed by atoms with Crippen molar-refractivity contribution in [1.29, 1.82) is 0 Å². The van der Waals surface area contributed by atoms with Crippen LogP contribution in [0.3, 0.4) is 0 Å².